The fraction of sp³-hybridized carbons (Fsp3) is 0.423. The second-order valence-corrected chi connectivity index (χ2v) is 8.75. The summed E-state index contributed by atoms with van der Waals surface area (Å²) in [7, 11) is 1.27. The van der Waals surface area contributed by atoms with Gasteiger partial charge in [0.15, 0.2) is 0 Å². The van der Waals surface area contributed by atoms with Crippen molar-refractivity contribution < 1.29 is 28.6 Å². The lowest BCUT2D eigenvalue weighted by molar-refractivity contribution is -0.145. The van der Waals surface area contributed by atoms with Gasteiger partial charge in [-0.2, -0.15) is 0 Å². The maximum absolute atomic E-state index is 13.2. The van der Waals surface area contributed by atoms with Crippen LogP contribution >= 0.6 is 0 Å². The van der Waals surface area contributed by atoms with Crippen molar-refractivity contribution in [2.24, 2.45) is 0 Å². The molecule has 0 spiro atoms. The van der Waals surface area contributed by atoms with E-state index < -0.39 is 35.7 Å². The van der Waals surface area contributed by atoms with Gasteiger partial charge in [-0.3, -0.25) is 4.79 Å². The minimum Gasteiger partial charge on any atom is -0.494 e. The van der Waals surface area contributed by atoms with E-state index in [-0.39, 0.29) is 12.8 Å². The Balaban J connectivity index is 2.20. The van der Waals surface area contributed by atoms with Crippen LogP contribution in [0.25, 0.3) is 0 Å². The van der Waals surface area contributed by atoms with Gasteiger partial charge in [-0.25, -0.2) is 9.59 Å². The zero-order valence-corrected chi connectivity index (χ0v) is 20.4. The van der Waals surface area contributed by atoms with Crippen LogP contribution < -0.4 is 15.4 Å². The number of methoxy groups -OCH3 is 1. The minimum atomic E-state index is -0.976. The summed E-state index contributed by atoms with van der Waals surface area (Å²) in [6.45, 7) is 7.65. The van der Waals surface area contributed by atoms with Crippen LogP contribution in [0.5, 0.6) is 5.75 Å². The van der Waals surface area contributed by atoms with Crippen LogP contribution in [0.15, 0.2) is 54.6 Å². The van der Waals surface area contributed by atoms with Crippen LogP contribution in [0.1, 0.15) is 38.8 Å². The van der Waals surface area contributed by atoms with E-state index in [9.17, 15) is 14.4 Å². The monoisotopic (exact) mass is 470 g/mol. The molecule has 0 heterocycles. The largest absolute Gasteiger partial charge is 0.494 e. The van der Waals surface area contributed by atoms with Crippen molar-refractivity contribution in [3.8, 4) is 5.75 Å². The number of benzene rings is 2. The van der Waals surface area contributed by atoms with Crippen LogP contribution in [0.2, 0.25) is 0 Å². The van der Waals surface area contributed by atoms with Gasteiger partial charge in [-0.15, -0.1) is 0 Å². The fourth-order valence-electron chi connectivity index (χ4n) is 3.24. The Hall–Kier alpha value is -3.55. The van der Waals surface area contributed by atoms with Crippen LogP contribution in [-0.4, -0.2) is 49.4 Å². The summed E-state index contributed by atoms with van der Waals surface area (Å²) >= 11 is 0. The normalized spacial score (nSPS) is 12.7. The number of nitrogens with one attached hydrogen (secondary N) is 2. The van der Waals surface area contributed by atoms with Gasteiger partial charge in [0.25, 0.3) is 0 Å². The first-order chi connectivity index (χ1) is 16.1. The van der Waals surface area contributed by atoms with E-state index in [2.05, 4.69) is 10.6 Å². The highest BCUT2D eigenvalue weighted by molar-refractivity contribution is 5.90. The number of alkyl carbamates (subject to hydrolysis) is 1. The summed E-state index contributed by atoms with van der Waals surface area (Å²) in [6, 6.07) is 14.6. The number of carbonyl (C=O) groups is 3. The molecule has 0 fully saturated rings. The number of amides is 2. The Kier molecular flexibility index (Phi) is 9.92. The predicted octanol–water partition coefficient (Wildman–Crippen LogP) is 3.42. The standard InChI is InChI=1S/C26H34N2O6/c1-6-33-20-14-12-19(13-15-20)16-21(28-25(31)34-26(2,3)4)23(29)27-22(24(30)32-5)17-18-10-8-7-9-11-18/h7-15,21-22H,6,16-17H2,1-5H3,(H,27,29)(H,28,31). The smallest absolute Gasteiger partial charge is 0.408 e. The molecule has 2 aromatic rings. The van der Waals surface area contributed by atoms with E-state index in [0.29, 0.717) is 12.4 Å². The van der Waals surface area contributed by atoms with E-state index in [1.165, 1.54) is 7.11 Å². The van der Waals surface area contributed by atoms with Gasteiger partial charge in [0, 0.05) is 12.8 Å². The van der Waals surface area contributed by atoms with E-state index in [1.54, 1.807) is 32.9 Å². The molecule has 2 amide bonds. The molecule has 0 aliphatic heterocycles. The third-order valence-electron chi connectivity index (χ3n) is 4.77. The number of carbonyl (C=O) groups excluding carboxylic acids is 3. The number of hydrogen-bond donors (Lipinski definition) is 2. The molecule has 0 aliphatic rings. The first kappa shape index (κ1) is 26.7. The fourth-order valence-corrected chi connectivity index (χ4v) is 3.24. The maximum Gasteiger partial charge on any atom is 0.408 e. The second kappa shape index (κ2) is 12.6. The molecule has 34 heavy (non-hydrogen) atoms. The summed E-state index contributed by atoms with van der Waals surface area (Å²) < 4.78 is 15.7. The van der Waals surface area contributed by atoms with Crippen molar-refractivity contribution >= 4 is 18.0 Å². The molecule has 2 unspecified atom stereocenters. The molecule has 0 aliphatic carbocycles. The molecule has 2 rings (SSSR count). The number of esters is 1. The molecular formula is C26H34N2O6. The first-order valence-electron chi connectivity index (χ1n) is 11.2. The van der Waals surface area contributed by atoms with Crippen molar-refractivity contribution in [3.63, 3.8) is 0 Å². The first-order valence-corrected chi connectivity index (χ1v) is 11.2. The van der Waals surface area contributed by atoms with Crippen molar-refractivity contribution in [1.82, 2.24) is 10.6 Å². The zero-order chi connectivity index (χ0) is 25.1. The van der Waals surface area contributed by atoms with Gasteiger partial charge in [0.1, 0.15) is 23.4 Å². The average Bonchev–Trinajstić information content (AvgIpc) is 2.78. The van der Waals surface area contributed by atoms with Crippen molar-refractivity contribution in [1.29, 1.82) is 0 Å². The van der Waals surface area contributed by atoms with Gasteiger partial charge in [-0.1, -0.05) is 42.5 Å². The molecular weight excluding hydrogens is 436 g/mol. The molecule has 8 nitrogen and oxygen atoms in total. The molecule has 2 atom stereocenters. The summed E-state index contributed by atoms with van der Waals surface area (Å²) in [5, 5.41) is 5.36. The van der Waals surface area contributed by atoms with Crippen LogP contribution in [0.4, 0.5) is 4.79 Å². The Morgan fingerprint density at radius 2 is 1.44 bits per heavy atom. The van der Waals surface area contributed by atoms with E-state index in [0.717, 1.165) is 11.1 Å². The van der Waals surface area contributed by atoms with Crippen LogP contribution in [-0.2, 0) is 31.9 Å². The molecule has 2 aromatic carbocycles. The summed E-state index contributed by atoms with van der Waals surface area (Å²) in [6.07, 6.45) is -0.283. The lowest BCUT2D eigenvalue weighted by Gasteiger charge is -2.25. The highest BCUT2D eigenvalue weighted by atomic mass is 16.6. The highest BCUT2D eigenvalue weighted by Gasteiger charge is 2.29. The van der Waals surface area contributed by atoms with Crippen molar-refractivity contribution in [2.45, 2.75) is 58.2 Å². The van der Waals surface area contributed by atoms with Crippen molar-refractivity contribution in [2.75, 3.05) is 13.7 Å². The van der Waals surface area contributed by atoms with Gasteiger partial charge < -0.3 is 24.8 Å². The topological polar surface area (TPSA) is 103 Å². The third-order valence-corrected chi connectivity index (χ3v) is 4.77. The minimum absolute atomic E-state index is 0.191. The second-order valence-electron chi connectivity index (χ2n) is 8.75. The Morgan fingerprint density at radius 3 is 2.00 bits per heavy atom. The molecule has 0 bridgehead atoms. The average molecular weight is 471 g/mol. The van der Waals surface area contributed by atoms with Crippen LogP contribution in [0, 0.1) is 0 Å². The Labute approximate surface area is 201 Å². The molecule has 8 heteroatoms. The summed E-state index contributed by atoms with van der Waals surface area (Å²) in [4.78, 5) is 38.0. The predicted molar refractivity (Wildman–Crippen MR) is 129 cm³/mol. The van der Waals surface area contributed by atoms with Crippen LogP contribution in [0.3, 0.4) is 0 Å². The van der Waals surface area contributed by atoms with E-state index in [4.69, 9.17) is 14.2 Å². The summed E-state index contributed by atoms with van der Waals surface area (Å²) in [5.74, 6) is -0.388. The van der Waals surface area contributed by atoms with Gasteiger partial charge in [-0.05, 0) is 51.0 Å². The van der Waals surface area contributed by atoms with E-state index in [1.807, 2.05) is 49.4 Å². The molecule has 0 saturated carbocycles. The SMILES string of the molecule is CCOc1ccc(CC(NC(=O)OC(C)(C)C)C(=O)NC(Cc2ccccc2)C(=O)OC)cc1. The molecule has 0 radical (unpaired) electrons. The Morgan fingerprint density at radius 1 is 0.853 bits per heavy atom. The van der Waals surface area contributed by atoms with Gasteiger partial charge >= 0.3 is 12.1 Å². The number of hydrogen-bond acceptors (Lipinski definition) is 6. The lowest BCUT2D eigenvalue weighted by Crippen LogP contribution is -2.53. The molecule has 0 saturated heterocycles. The third kappa shape index (κ3) is 9.13. The molecule has 184 valence electrons. The number of rotatable bonds is 10. The van der Waals surface area contributed by atoms with Crippen molar-refractivity contribution in [3.05, 3.63) is 65.7 Å². The molecule has 2 N–H and O–H groups in total. The Bertz CT molecular complexity index is 938. The highest BCUT2D eigenvalue weighted by Crippen LogP contribution is 2.15. The maximum atomic E-state index is 13.2. The van der Waals surface area contributed by atoms with Gasteiger partial charge in [0.05, 0.1) is 13.7 Å². The zero-order valence-electron chi connectivity index (χ0n) is 20.4. The number of ether oxygens (including phenoxy) is 3. The summed E-state index contributed by atoms with van der Waals surface area (Å²) in [5.41, 5.74) is 0.935. The molecule has 0 aromatic heterocycles. The van der Waals surface area contributed by atoms with E-state index >= 15 is 0 Å². The quantitative estimate of drug-likeness (QED) is 0.516. The lowest BCUT2D eigenvalue weighted by atomic mass is 10.0. The van der Waals surface area contributed by atoms with Gasteiger partial charge in [0.2, 0.25) is 5.91 Å².